The lowest BCUT2D eigenvalue weighted by atomic mass is 10.2. The minimum atomic E-state index is -0.346. The third kappa shape index (κ3) is 2.73. The number of aliphatic hydroxyl groups is 1. The topological polar surface area (TPSA) is 62.9 Å². The molecule has 0 amide bonds. The summed E-state index contributed by atoms with van der Waals surface area (Å²) in [7, 11) is 0. The van der Waals surface area contributed by atoms with Gasteiger partial charge >= 0.3 is 5.97 Å². The van der Waals surface area contributed by atoms with E-state index in [1.54, 1.807) is 13.0 Å². The normalized spacial score (nSPS) is 20.2. The molecule has 0 unspecified atom stereocenters. The summed E-state index contributed by atoms with van der Waals surface area (Å²) in [6, 6.07) is 1.81. The lowest BCUT2D eigenvalue weighted by molar-refractivity contribution is 0.0521. The van der Waals surface area contributed by atoms with Gasteiger partial charge in [-0.25, -0.2) is 4.79 Å². The van der Waals surface area contributed by atoms with Crippen molar-refractivity contribution in [3.8, 4) is 0 Å². The molecule has 2 rings (SSSR count). The molecule has 1 aliphatic rings. The molecular weight excluding hydrogens is 234 g/mol. The van der Waals surface area contributed by atoms with Crippen molar-refractivity contribution < 1.29 is 19.1 Å². The van der Waals surface area contributed by atoms with E-state index in [9.17, 15) is 9.90 Å². The third-order valence-electron chi connectivity index (χ3n) is 3.30. The minimum Gasteiger partial charge on any atom is -0.467 e. The van der Waals surface area contributed by atoms with Crippen molar-refractivity contribution in [3.63, 3.8) is 0 Å². The zero-order valence-corrected chi connectivity index (χ0v) is 10.6. The van der Waals surface area contributed by atoms with Crippen molar-refractivity contribution in [2.75, 3.05) is 19.8 Å². The van der Waals surface area contributed by atoms with Crippen molar-refractivity contribution in [3.05, 3.63) is 23.7 Å². The zero-order chi connectivity index (χ0) is 13.0. The van der Waals surface area contributed by atoms with Crippen LogP contribution in [0, 0.1) is 0 Å². The van der Waals surface area contributed by atoms with Crippen molar-refractivity contribution in [1.29, 1.82) is 0 Å². The maximum absolute atomic E-state index is 11.7. The van der Waals surface area contributed by atoms with Crippen LogP contribution >= 0.6 is 0 Å². The number of esters is 1. The van der Waals surface area contributed by atoms with Crippen LogP contribution in [0.15, 0.2) is 16.7 Å². The predicted molar refractivity (Wildman–Crippen MR) is 65.2 cm³/mol. The highest BCUT2D eigenvalue weighted by atomic mass is 16.5. The first-order chi connectivity index (χ1) is 8.76. The van der Waals surface area contributed by atoms with Crippen LogP contribution in [-0.2, 0) is 11.3 Å². The number of furan rings is 1. The maximum atomic E-state index is 11.7. The first-order valence-electron chi connectivity index (χ1n) is 6.34. The van der Waals surface area contributed by atoms with E-state index in [0.717, 1.165) is 19.4 Å². The molecule has 1 saturated heterocycles. The first-order valence-corrected chi connectivity index (χ1v) is 6.34. The fourth-order valence-corrected chi connectivity index (χ4v) is 2.35. The van der Waals surface area contributed by atoms with Crippen LogP contribution in [0.4, 0.5) is 0 Å². The Bertz CT molecular complexity index is 401. The second kappa shape index (κ2) is 6.02. The second-order valence-electron chi connectivity index (χ2n) is 4.43. The number of ether oxygens (including phenoxy) is 1. The van der Waals surface area contributed by atoms with Gasteiger partial charge in [0.2, 0.25) is 0 Å². The number of aliphatic hydroxyl groups excluding tert-OH is 1. The minimum absolute atomic E-state index is 0.148. The Morgan fingerprint density at radius 2 is 2.50 bits per heavy atom. The van der Waals surface area contributed by atoms with Gasteiger partial charge in [0.25, 0.3) is 0 Å². The Morgan fingerprint density at radius 1 is 1.67 bits per heavy atom. The molecule has 1 aliphatic heterocycles. The SMILES string of the molecule is CCOC(=O)c1ccoc1CN1CCC[C@H]1CO. The smallest absolute Gasteiger partial charge is 0.341 e. The molecule has 1 aromatic rings. The quantitative estimate of drug-likeness (QED) is 0.804. The van der Waals surface area contributed by atoms with E-state index in [-0.39, 0.29) is 18.6 Å². The Labute approximate surface area is 106 Å². The number of hydrogen-bond acceptors (Lipinski definition) is 5. The summed E-state index contributed by atoms with van der Waals surface area (Å²) in [6.07, 6.45) is 3.57. The van der Waals surface area contributed by atoms with E-state index in [2.05, 4.69) is 4.90 Å². The number of nitrogens with zero attached hydrogens (tertiary/aromatic N) is 1. The summed E-state index contributed by atoms with van der Waals surface area (Å²) in [6.45, 7) is 3.75. The largest absolute Gasteiger partial charge is 0.467 e. The molecule has 1 fully saturated rings. The number of hydrogen-bond donors (Lipinski definition) is 1. The van der Waals surface area contributed by atoms with Crippen LogP contribution in [0.25, 0.3) is 0 Å². The monoisotopic (exact) mass is 253 g/mol. The number of rotatable bonds is 5. The molecule has 1 N–H and O–H groups in total. The second-order valence-corrected chi connectivity index (χ2v) is 4.43. The van der Waals surface area contributed by atoms with Gasteiger partial charge in [0.1, 0.15) is 11.3 Å². The molecule has 1 aromatic heterocycles. The van der Waals surface area contributed by atoms with Crippen molar-refractivity contribution in [1.82, 2.24) is 4.90 Å². The summed E-state index contributed by atoms with van der Waals surface area (Å²) in [5.74, 6) is 0.273. The molecule has 0 bridgehead atoms. The third-order valence-corrected chi connectivity index (χ3v) is 3.30. The highest BCUT2D eigenvalue weighted by Crippen LogP contribution is 2.22. The highest BCUT2D eigenvalue weighted by molar-refractivity contribution is 5.90. The van der Waals surface area contributed by atoms with Gasteiger partial charge in [-0.05, 0) is 32.4 Å². The predicted octanol–water partition coefficient (Wildman–Crippen LogP) is 1.41. The summed E-state index contributed by atoms with van der Waals surface area (Å²) in [5.41, 5.74) is 0.487. The van der Waals surface area contributed by atoms with E-state index in [0.29, 0.717) is 24.5 Å². The lowest BCUT2D eigenvalue weighted by Gasteiger charge is -2.21. The summed E-state index contributed by atoms with van der Waals surface area (Å²) < 4.78 is 10.3. The molecule has 5 heteroatoms. The van der Waals surface area contributed by atoms with Gasteiger partial charge in [-0.15, -0.1) is 0 Å². The van der Waals surface area contributed by atoms with Gasteiger partial charge < -0.3 is 14.3 Å². The van der Waals surface area contributed by atoms with E-state index >= 15 is 0 Å². The molecule has 0 spiro atoms. The number of carbonyl (C=O) groups is 1. The average Bonchev–Trinajstić information content (AvgIpc) is 2.98. The van der Waals surface area contributed by atoms with Gasteiger partial charge in [0, 0.05) is 6.04 Å². The molecule has 0 radical (unpaired) electrons. The molecule has 100 valence electrons. The number of carbonyl (C=O) groups excluding carboxylic acids is 1. The van der Waals surface area contributed by atoms with Gasteiger partial charge in [0.15, 0.2) is 0 Å². The van der Waals surface area contributed by atoms with Gasteiger partial charge in [-0.1, -0.05) is 0 Å². The van der Waals surface area contributed by atoms with Crippen LogP contribution in [-0.4, -0.2) is 41.8 Å². The Kier molecular flexibility index (Phi) is 4.38. The first kappa shape index (κ1) is 13.1. The summed E-state index contributed by atoms with van der Waals surface area (Å²) in [4.78, 5) is 13.8. The van der Waals surface area contributed by atoms with E-state index in [1.165, 1.54) is 6.26 Å². The fourth-order valence-electron chi connectivity index (χ4n) is 2.35. The molecule has 0 saturated carbocycles. The van der Waals surface area contributed by atoms with E-state index in [4.69, 9.17) is 9.15 Å². The van der Waals surface area contributed by atoms with Gasteiger partial charge in [0.05, 0.1) is 26.0 Å². The van der Waals surface area contributed by atoms with Crippen molar-refractivity contribution in [2.24, 2.45) is 0 Å². The summed E-state index contributed by atoms with van der Waals surface area (Å²) >= 11 is 0. The zero-order valence-electron chi connectivity index (χ0n) is 10.6. The van der Waals surface area contributed by atoms with E-state index < -0.39 is 0 Å². The molecule has 18 heavy (non-hydrogen) atoms. The molecule has 0 aliphatic carbocycles. The Morgan fingerprint density at radius 3 is 3.22 bits per heavy atom. The molecule has 5 nitrogen and oxygen atoms in total. The standard InChI is InChI=1S/C13H19NO4/c1-2-17-13(16)11-5-7-18-12(11)8-14-6-3-4-10(14)9-15/h5,7,10,15H,2-4,6,8-9H2,1H3/t10-/m0/s1. The van der Waals surface area contributed by atoms with Gasteiger partial charge in [-0.3, -0.25) is 4.90 Å². The van der Waals surface area contributed by atoms with Crippen molar-refractivity contribution in [2.45, 2.75) is 32.4 Å². The molecule has 2 heterocycles. The van der Waals surface area contributed by atoms with Crippen LogP contribution in [0.5, 0.6) is 0 Å². The Hall–Kier alpha value is -1.33. The van der Waals surface area contributed by atoms with Crippen LogP contribution in [0.2, 0.25) is 0 Å². The average molecular weight is 253 g/mol. The maximum Gasteiger partial charge on any atom is 0.341 e. The number of likely N-dealkylation sites (tertiary alicyclic amines) is 1. The van der Waals surface area contributed by atoms with E-state index in [1.807, 2.05) is 0 Å². The van der Waals surface area contributed by atoms with Crippen LogP contribution in [0.1, 0.15) is 35.9 Å². The summed E-state index contributed by atoms with van der Waals surface area (Å²) in [5, 5.41) is 9.26. The van der Waals surface area contributed by atoms with Crippen LogP contribution < -0.4 is 0 Å². The lowest BCUT2D eigenvalue weighted by Crippen LogP contribution is -2.32. The molecule has 0 aromatic carbocycles. The van der Waals surface area contributed by atoms with Crippen molar-refractivity contribution >= 4 is 5.97 Å². The molecular formula is C13H19NO4. The highest BCUT2D eigenvalue weighted by Gasteiger charge is 2.26. The Balaban J connectivity index is 2.05. The van der Waals surface area contributed by atoms with Crippen LogP contribution in [0.3, 0.4) is 0 Å². The van der Waals surface area contributed by atoms with Gasteiger partial charge in [-0.2, -0.15) is 0 Å². The fraction of sp³-hybridized carbons (Fsp3) is 0.615. The molecule has 1 atom stereocenters.